The SMILES string of the molecule is COC(=O)c1c(NC(=O)OC(C)(C)C)sc(C)c1C. The Morgan fingerprint density at radius 2 is 1.79 bits per heavy atom. The molecule has 1 aromatic rings. The van der Waals surface area contributed by atoms with Gasteiger partial charge in [0.05, 0.1) is 12.7 Å². The number of rotatable bonds is 2. The molecule has 1 aromatic heterocycles. The number of nitrogens with one attached hydrogen (secondary N) is 1. The van der Waals surface area contributed by atoms with Gasteiger partial charge in [-0.05, 0) is 40.2 Å². The number of anilines is 1. The van der Waals surface area contributed by atoms with E-state index in [0.717, 1.165) is 10.4 Å². The second kappa shape index (κ2) is 5.61. The predicted molar refractivity (Wildman–Crippen MR) is 75.0 cm³/mol. The minimum absolute atomic E-state index is 0.385. The van der Waals surface area contributed by atoms with E-state index in [2.05, 4.69) is 5.32 Å². The molecule has 5 nitrogen and oxygen atoms in total. The average Bonchev–Trinajstić information content (AvgIpc) is 2.51. The average molecular weight is 285 g/mol. The van der Waals surface area contributed by atoms with Crippen LogP contribution in [0.4, 0.5) is 9.80 Å². The van der Waals surface area contributed by atoms with Gasteiger partial charge in [0.1, 0.15) is 10.6 Å². The third kappa shape index (κ3) is 3.96. The van der Waals surface area contributed by atoms with Gasteiger partial charge in [-0.25, -0.2) is 9.59 Å². The highest BCUT2D eigenvalue weighted by Gasteiger charge is 2.23. The number of aryl methyl sites for hydroxylation is 1. The normalized spacial score (nSPS) is 11.1. The zero-order valence-electron chi connectivity index (χ0n) is 12.0. The maximum Gasteiger partial charge on any atom is 0.412 e. The Morgan fingerprint density at radius 3 is 2.26 bits per heavy atom. The number of thiophene rings is 1. The van der Waals surface area contributed by atoms with Crippen LogP contribution >= 0.6 is 11.3 Å². The van der Waals surface area contributed by atoms with Crippen molar-refractivity contribution in [2.75, 3.05) is 12.4 Å². The van der Waals surface area contributed by atoms with E-state index in [1.165, 1.54) is 18.4 Å². The first kappa shape index (κ1) is 15.5. The number of amides is 1. The molecule has 0 spiro atoms. The summed E-state index contributed by atoms with van der Waals surface area (Å²) in [6.45, 7) is 9.03. The van der Waals surface area contributed by atoms with Crippen LogP contribution < -0.4 is 5.32 Å². The molecular formula is C13H19NO4S. The Balaban J connectivity index is 2.99. The largest absolute Gasteiger partial charge is 0.465 e. The van der Waals surface area contributed by atoms with E-state index < -0.39 is 17.7 Å². The van der Waals surface area contributed by atoms with Crippen molar-refractivity contribution in [1.29, 1.82) is 0 Å². The Bertz CT molecular complexity index is 499. The highest BCUT2D eigenvalue weighted by molar-refractivity contribution is 7.16. The highest BCUT2D eigenvalue weighted by Crippen LogP contribution is 2.33. The lowest BCUT2D eigenvalue weighted by Crippen LogP contribution is -2.27. The predicted octanol–water partition coefficient (Wildman–Crippen LogP) is 3.50. The Labute approximate surface area is 116 Å². The van der Waals surface area contributed by atoms with Gasteiger partial charge in [0.25, 0.3) is 0 Å². The monoisotopic (exact) mass is 285 g/mol. The molecule has 0 fully saturated rings. The van der Waals surface area contributed by atoms with Gasteiger partial charge in [0.2, 0.25) is 0 Å². The molecule has 0 saturated heterocycles. The lowest BCUT2D eigenvalue weighted by Gasteiger charge is -2.19. The topological polar surface area (TPSA) is 64.6 Å². The van der Waals surface area contributed by atoms with Crippen molar-refractivity contribution >= 4 is 28.4 Å². The number of ether oxygens (including phenoxy) is 2. The Morgan fingerprint density at radius 1 is 1.21 bits per heavy atom. The van der Waals surface area contributed by atoms with Crippen LogP contribution in [0.5, 0.6) is 0 Å². The highest BCUT2D eigenvalue weighted by atomic mass is 32.1. The van der Waals surface area contributed by atoms with E-state index in [-0.39, 0.29) is 0 Å². The molecule has 1 N–H and O–H groups in total. The molecule has 0 radical (unpaired) electrons. The number of esters is 1. The van der Waals surface area contributed by atoms with E-state index in [1.54, 1.807) is 20.8 Å². The van der Waals surface area contributed by atoms with Gasteiger partial charge in [0, 0.05) is 4.88 Å². The van der Waals surface area contributed by atoms with Crippen LogP contribution in [0.25, 0.3) is 0 Å². The molecule has 0 bridgehead atoms. The summed E-state index contributed by atoms with van der Waals surface area (Å²) in [4.78, 5) is 24.4. The minimum Gasteiger partial charge on any atom is -0.465 e. The molecule has 0 unspecified atom stereocenters. The lowest BCUT2D eigenvalue weighted by atomic mass is 10.1. The van der Waals surface area contributed by atoms with Crippen LogP contribution in [0, 0.1) is 13.8 Å². The molecule has 1 amide bonds. The van der Waals surface area contributed by atoms with Crippen molar-refractivity contribution in [3.63, 3.8) is 0 Å². The fourth-order valence-corrected chi connectivity index (χ4v) is 2.49. The van der Waals surface area contributed by atoms with Crippen LogP contribution in [0.3, 0.4) is 0 Å². The molecule has 0 aliphatic rings. The first-order valence-electron chi connectivity index (χ1n) is 5.84. The first-order chi connectivity index (χ1) is 8.65. The van der Waals surface area contributed by atoms with Gasteiger partial charge in [-0.3, -0.25) is 5.32 Å². The molecule has 0 aliphatic carbocycles. The molecular weight excluding hydrogens is 266 g/mol. The van der Waals surface area contributed by atoms with E-state index in [4.69, 9.17) is 9.47 Å². The molecule has 1 heterocycles. The van der Waals surface area contributed by atoms with Crippen molar-refractivity contribution in [2.24, 2.45) is 0 Å². The van der Waals surface area contributed by atoms with E-state index in [9.17, 15) is 9.59 Å². The van der Waals surface area contributed by atoms with Gasteiger partial charge >= 0.3 is 12.1 Å². The second-order valence-corrected chi connectivity index (χ2v) is 6.33. The number of carbonyl (C=O) groups is 2. The summed E-state index contributed by atoms with van der Waals surface area (Å²) >= 11 is 1.33. The van der Waals surface area contributed by atoms with Gasteiger partial charge in [-0.15, -0.1) is 11.3 Å². The molecule has 106 valence electrons. The van der Waals surface area contributed by atoms with Crippen LogP contribution in [-0.2, 0) is 9.47 Å². The minimum atomic E-state index is -0.586. The standard InChI is InChI=1S/C13H19NO4S/c1-7-8(2)19-10(9(7)11(15)17-6)14-12(16)18-13(3,4)5/h1-6H3,(H,14,16). The van der Waals surface area contributed by atoms with Gasteiger partial charge in [-0.1, -0.05) is 0 Å². The molecule has 1 rings (SSSR count). The fraction of sp³-hybridized carbons (Fsp3) is 0.538. The quantitative estimate of drug-likeness (QED) is 0.845. The molecule has 0 aliphatic heterocycles. The van der Waals surface area contributed by atoms with Gasteiger partial charge < -0.3 is 9.47 Å². The Hall–Kier alpha value is -1.56. The van der Waals surface area contributed by atoms with Crippen molar-refractivity contribution in [2.45, 2.75) is 40.2 Å². The maximum atomic E-state index is 11.7. The van der Waals surface area contributed by atoms with E-state index in [1.807, 2.05) is 13.8 Å². The van der Waals surface area contributed by atoms with Crippen molar-refractivity contribution in [1.82, 2.24) is 0 Å². The summed E-state index contributed by atoms with van der Waals surface area (Å²) in [5.74, 6) is -0.465. The second-order valence-electron chi connectivity index (χ2n) is 5.11. The summed E-state index contributed by atoms with van der Waals surface area (Å²) in [5, 5.41) is 3.06. The first-order valence-corrected chi connectivity index (χ1v) is 6.65. The molecule has 0 atom stereocenters. The summed E-state index contributed by atoms with van der Waals surface area (Å²) in [6, 6.07) is 0. The van der Waals surface area contributed by atoms with Crippen LogP contribution in [0.15, 0.2) is 0 Å². The van der Waals surface area contributed by atoms with Crippen LogP contribution in [0.2, 0.25) is 0 Å². The molecule has 0 saturated carbocycles. The smallest absolute Gasteiger partial charge is 0.412 e. The van der Waals surface area contributed by atoms with E-state index in [0.29, 0.717) is 10.6 Å². The fourth-order valence-electron chi connectivity index (χ4n) is 1.46. The molecule has 19 heavy (non-hydrogen) atoms. The summed E-state index contributed by atoms with van der Waals surface area (Å²) in [6.07, 6.45) is -0.584. The Kier molecular flexibility index (Phi) is 4.57. The summed E-state index contributed by atoms with van der Waals surface area (Å²) in [7, 11) is 1.31. The van der Waals surface area contributed by atoms with E-state index >= 15 is 0 Å². The third-order valence-electron chi connectivity index (χ3n) is 2.39. The number of hydrogen-bond donors (Lipinski definition) is 1. The van der Waals surface area contributed by atoms with Crippen LogP contribution in [-0.4, -0.2) is 24.8 Å². The summed E-state index contributed by atoms with van der Waals surface area (Å²) < 4.78 is 9.89. The van der Waals surface area contributed by atoms with Crippen LogP contribution in [0.1, 0.15) is 41.6 Å². The third-order valence-corrected chi connectivity index (χ3v) is 3.51. The van der Waals surface area contributed by atoms with Gasteiger partial charge in [0.15, 0.2) is 0 Å². The lowest BCUT2D eigenvalue weighted by molar-refractivity contribution is 0.0601. The van der Waals surface area contributed by atoms with Crippen molar-refractivity contribution in [3.8, 4) is 0 Å². The zero-order valence-corrected chi connectivity index (χ0v) is 12.9. The maximum absolute atomic E-state index is 11.7. The molecule has 6 heteroatoms. The number of carbonyl (C=O) groups excluding carboxylic acids is 2. The van der Waals surface area contributed by atoms with Crippen molar-refractivity contribution in [3.05, 3.63) is 16.0 Å². The summed E-state index contributed by atoms with van der Waals surface area (Å²) in [5.41, 5.74) is 0.607. The molecule has 0 aromatic carbocycles. The zero-order chi connectivity index (χ0) is 14.8. The van der Waals surface area contributed by atoms with Crippen molar-refractivity contribution < 1.29 is 19.1 Å². The number of hydrogen-bond acceptors (Lipinski definition) is 5. The van der Waals surface area contributed by atoms with Gasteiger partial charge in [-0.2, -0.15) is 0 Å². The number of methoxy groups -OCH3 is 1.